The number of hydrogen-bond donors (Lipinski definition) is 1. The number of halogens is 2. The molecule has 0 fully saturated rings. The maximum atomic E-state index is 13.2. The van der Waals surface area contributed by atoms with Crippen LogP contribution in [0.3, 0.4) is 0 Å². The van der Waals surface area contributed by atoms with Crippen molar-refractivity contribution in [1.82, 2.24) is 4.98 Å². The van der Waals surface area contributed by atoms with Gasteiger partial charge in [0.05, 0.1) is 15.7 Å². The molecule has 0 bridgehead atoms. The molecule has 19 heavy (non-hydrogen) atoms. The van der Waals surface area contributed by atoms with E-state index in [-0.39, 0.29) is 5.02 Å². The van der Waals surface area contributed by atoms with Gasteiger partial charge in [-0.05, 0) is 30.7 Å². The molecule has 2 nitrogen and oxygen atoms in total. The Morgan fingerprint density at radius 1 is 1.42 bits per heavy atom. The van der Waals surface area contributed by atoms with Crippen molar-refractivity contribution in [3.63, 3.8) is 0 Å². The number of hydrogen-bond acceptors (Lipinski definition) is 3. The predicted molar refractivity (Wildman–Crippen MR) is 79.4 cm³/mol. The van der Waals surface area contributed by atoms with E-state index in [2.05, 4.69) is 18.8 Å². The van der Waals surface area contributed by atoms with Crippen LogP contribution in [0.1, 0.15) is 29.7 Å². The molecule has 2 aromatic rings. The summed E-state index contributed by atoms with van der Waals surface area (Å²) < 4.78 is 13.2. The van der Waals surface area contributed by atoms with Crippen molar-refractivity contribution < 1.29 is 4.39 Å². The fourth-order valence-electron chi connectivity index (χ4n) is 1.85. The van der Waals surface area contributed by atoms with Crippen LogP contribution in [0.5, 0.6) is 0 Å². The highest BCUT2D eigenvalue weighted by Gasteiger charge is 2.16. The fourth-order valence-corrected chi connectivity index (χ4v) is 3.14. The third-order valence-electron chi connectivity index (χ3n) is 2.77. The van der Waals surface area contributed by atoms with E-state index in [1.807, 2.05) is 0 Å². The molecule has 0 spiro atoms. The highest BCUT2D eigenvalue weighted by molar-refractivity contribution is 7.12. The van der Waals surface area contributed by atoms with Gasteiger partial charge in [-0.2, -0.15) is 0 Å². The van der Waals surface area contributed by atoms with Crippen molar-refractivity contribution in [3.05, 3.63) is 38.9 Å². The summed E-state index contributed by atoms with van der Waals surface area (Å²) in [4.78, 5) is 5.81. The molecule has 0 amide bonds. The Balaban J connectivity index is 2.49. The number of thiazole rings is 1. The maximum Gasteiger partial charge on any atom is 0.141 e. The van der Waals surface area contributed by atoms with Crippen LogP contribution in [0.4, 0.5) is 4.39 Å². The van der Waals surface area contributed by atoms with Gasteiger partial charge in [0, 0.05) is 16.9 Å². The third kappa shape index (κ3) is 3.14. The van der Waals surface area contributed by atoms with E-state index in [0.717, 1.165) is 22.7 Å². The predicted octanol–water partition coefficient (Wildman–Crippen LogP) is 4.23. The summed E-state index contributed by atoms with van der Waals surface area (Å²) in [5.74, 6) is -0.0447. The van der Waals surface area contributed by atoms with Crippen molar-refractivity contribution in [2.45, 2.75) is 26.2 Å². The average molecular weight is 299 g/mol. The lowest BCUT2D eigenvalue weighted by Crippen LogP contribution is -2.01. The summed E-state index contributed by atoms with van der Waals surface area (Å²) in [6.45, 7) is 4.82. The molecule has 0 aliphatic carbocycles. The molecule has 0 radical (unpaired) electrons. The first-order valence-corrected chi connectivity index (χ1v) is 7.37. The average Bonchev–Trinajstić information content (AvgIpc) is 2.77. The number of nitrogens with zero attached hydrogens (tertiary/aromatic N) is 1. The second-order valence-corrected chi connectivity index (χ2v) is 6.17. The molecular formula is C14H16ClFN2S. The van der Waals surface area contributed by atoms with Crippen LogP contribution in [0.2, 0.25) is 5.02 Å². The van der Waals surface area contributed by atoms with Crippen LogP contribution in [0.15, 0.2) is 18.2 Å². The molecule has 2 N–H and O–H groups in total. The molecule has 5 heteroatoms. The number of nitrogens with two attached hydrogens (primary N) is 1. The molecule has 0 aliphatic rings. The minimum Gasteiger partial charge on any atom is -0.330 e. The largest absolute Gasteiger partial charge is 0.330 e. The van der Waals surface area contributed by atoms with E-state index in [1.54, 1.807) is 23.5 Å². The van der Waals surface area contributed by atoms with Crippen molar-refractivity contribution in [3.8, 4) is 11.3 Å². The minimum atomic E-state index is -0.408. The fraction of sp³-hybridized carbons (Fsp3) is 0.357. The van der Waals surface area contributed by atoms with Crippen molar-refractivity contribution in [2.24, 2.45) is 5.73 Å². The molecule has 102 valence electrons. The van der Waals surface area contributed by atoms with Gasteiger partial charge in [0.25, 0.3) is 0 Å². The van der Waals surface area contributed by atoms with E-state index in [9.17, 15) is 4.39 Å². The zero-order valence-electron chi connectivity index (χ0n) is 10.9. The van der Waals surface area contributed by atoms with Crippen molar-refractivity contribution in [2.75, 3.05) is 6.54 Å². The highest BCUT2D eigenvalue weighted by Crippen LogP contribution is 2.35. The lowest BCUT2D eigenvalue weighted by Gasteiger charge is -2.06. The summed E-state index contributed by atoms with van der Waals surface area (Å²) in [6, 6.07) is 4.72. The maximum absolute atomic E-state index is 13.2. The van der Waals surface area contributed by atoms with E-state index >= 15 is 0 Å². The molecule has 0 unspecified atom stereocenters. The van der Waals surface area contributed by atoms with E-state index < -0.39 is 5.82 Å². The summed E-state index contributed by atoms with van der Waals surface area (Å²) in [6.07, 6.45) is 0.763. The van der Waals surface area contributed by atoms with Gasteiger partial charge in [0.1, 0.15) is 5.82 Å². The van der Waals surface area contributed by atoms with Crippen LogP contribution < -0.4 is 5.73 Å². The first kappa shape index (κ1) is 14.4. The number of benzene rings is 1. The molecule has 0 saturated heterocycles. The monoisotopic (exact) mass is 298 g/mol. The Labute approximate surface area is 121 Å². The molecule has 2 rings (SSSR count). The smallest absolute Gasteiger partial charge is 0.141 e. The van der Waals surface area contributed by atoms with Crippen LogP contribution in [0.25, 0.3) is 11.3 Å². The van der Waals surface area contributed by atoms with Crippen LogP contribution >= 0.6 is 22.9 Å². The Morgan fingerprint density at radius 2 is 2.16 bits per heavy atom. The topological polar surface area (TPSA) is 38.9 Å². The Kier molecular flexibility index (Phi) is 4.55. The Morgan fingerprint density at radius 3 is 2.74 bits per heavy atom. The van der Waals surface area contributed by atoms with Crippen molar-refractivity contribution in [1.29, 1.82) is 0 Å². The molecule has 1 heterocycles. The second kappa shape index (κ2) is 5.99. The summed E-state index contributed by atoms with van der Waals surface area (Å²) in [5.41, 5.74) is 7.32. The molecule has 1 aromatic heterocycles. The zero-order valence-corrected chi connectivity index (χ0v) is 12.5. The summed E-state index contributed by atoms with van der Waals surface area (Å²) >= 11 is 7.51. The Bertz CT molecular complexity index is 581. The SMILES string of the molecule is CC(C)c1sc(CCN)nc1-c1ccc(F)c(Cl)c1. The first-order chi connectivity index (χ1) is 9.02. The summed E-state index contributed by atoms with van der Waals surface area (Å²) in [7, 11) is 0. The normalized spacial score (nSPS) is 11.3. The quantitative estimate of drug-likeness (QED) is 0.917. The van der Waals surface area contributed by atoms with E-state index in [4.69, 9.17) is 17.3 Å². The number of aromatic nitrogens is 1. The molecule has 1 aromatic carbocycles. The first-order valence-electron chi connectivity index (χ1n) is 6.18. The van der Waals surface area contributed by atoms with E-state index in [0.29, 0.717) is 12.5 Å². The van der Waals surface area contributed by atoms with Crippen LogP contribution in [0, 0.1) is 5.82 Å². The van der Waals surface area contributed by atoms with Gasteiger partial charge in [-0.3, -0.25) is 0 Å². The number of rotatable bonds is 4. The van der Waals surface area contributed by atoms with Crippen LogP contribution in [-0.2, 0) is 6.42 Å². The van der Waals surface area contributed by atoms with Gasteiger partial charge < -0.3 is 5.73 Å². The van der Waals surface area contributed by atoms with Gasteiger partial charge in [-0.1, -0.05) is 25.4 Å². The van der Waals surface area contributed by atoms with Gasteiger partial charge >= 0.3 is 0 Å². The zero-order chi connectivity index (χ0) is 14.0. The standard InChI is InChI=1S/C14H16ClFN2S/c1-8(2)14-13(18-12(19-14)5-6-17)9-3-4-11(16)10(15)7-9/h3-4,7-8H,5-6,17H2,1-2H3. The van der Waals surface area contributed by atoms with Gasteiger partial charge in [-0.25, -0.2) is 9.37 Å². The molecule has 0 saturated carbocycles. The Hall–Kier alpha value is -0.970. The summed E-state index contributed by atoms with van der Waals surface area (Å²) in [5, 5.41) is 1.14. The van der Waals surface area contributed by atoms with Gasteiger partial charge in [-0.15, -0.1) is 11.3 Å². The lowest BCUT2D eigenvalue weighted by molar-refractivity contribution is 0.628. The molecule has 0 aliphatic heterocycles. The molecule has 0 atom stereocenters. The van der Waals surface area contributed by atoms with E-state index in [1.165, 1.54) is 10.9 Å². The lowest BCUT2D eigenvalue weighted by atomic mass is 10.1. The highest BCUT2D eigenvalue weighted by atomic mass is 35.5. The van der Waals surface area contributed by atoms with Gasteiger partial charge in [0.2, 0.25) is 0 Å². The molecular weight excluding hydrogens is 283 g/mol. The third-order valence-corrected chi connectivity index (χ3v) is 4.48. The minimum absolute atomic E-state index is 0.126. The van der Waals surface area contributed by atoms with Gasteiger partial charge in [0.15, 0.2) is 0 Å². The van der Waals surface area contributed by atoms with Crippen molar-refractivity contribution >= 4 is 22.9 Å². The second-order valence-electron chi connectivity index (χ2n) is 4.64. The van der Waals surface area contributed by atoms with Crippen LogP contribution in [-0.4, -0.2) is 11.5 Å².